The zero-order valence-corrected chi connectivity index (χ0v) is 13.5. The minimum Gasteiger partial charge on any atom is -0.311 e. The summed E-state index contributed by atoms with van der Waals surface area (Å²) in [4.78, 5) is 2.27. The first-order chi connectivity index (χ1) is 10.8. The Morgan fingerprint density at radius 1 is 0.864 bits per heavy atom. The summed E-state index contributed by atoms with van der Waals surface area (Å²) in [5.41, 5.74) is 4.71. The van der Waals surface area contributed by atoms with Gasteiger partial charge in [-0.3, -0.25) is 0 Å². The van der Waals surface area contributed by atoms with Crippen molar-refractivity contribution in [3.05, 3.63) is 96.2 Å². The largest absolute Gasteiger partial charge is 0.311 e. The van der Waals surface area contributed by atoms with Gasteiger partial charge in [-0.25, -0.2) is 0 Å². The highest BCUT2D eigenvalue weighted by Gasteiger charge is 2.12. The molecule has 2 aromatic carbocycles. The molecule has 0 fully saturated rings. The van der Waals surface area contributed by atoms with Crippen LogP contribution in [-0.2, 0) is 0 Å². The van der Waals surface area contributed by atoms with E-state index in [4.69, 9.17) is 0 Å². The molecular weight excluding hydrogens is 266 g/mol. The van der Waals surface area contributed by atoms with Gasteiger partial charge < -0.3 is 4.90 Å². The molecule has 0 aliphatic heterocycles. The topological polar surface area (TPSA) is 3.24 Å². The maximum absolute atomic E-state index is 2.27. The Morgan fingerprint density at radius 3 is 2.23 bits per heavy atom. The molecule has 0 aliphatic rings. The highest BCUT2D eigenvalue weighted by Crippen LogP contribution is 2.30. The molecule has 1 nitrogen and oxygen atoms in total. The fourth-order valence-electron chi connectivity index (χ4n) is 2.36. The number of hydrogen-bond acceptors (Lipinski definition) is 1. The molecule has 0 N–H and O–H groups in total. The molecule has 0 radical (unpaired) electrons. The second-order valence-corrected chi connectivity index (χ2v) is 5.13. The zero-order valence-electron chi connectivity index (χ0n) is 13.5. The molecule has 1 heteroatoms. The second-order valence-electron chi connectivity index (χ2n) is 5.13. The van der Waals surface area contributed by atoms with Gasteiger partial charge in [0.2, 0.25) is 0 Å². The van der Waals surface area contributed by atoms with Crippen molar-refractivity contribution >= 4 is 11.4 Å². The Labute approximate surface area is 133 Å². The summed E-state index contributed by atoms with van der Waals surface area (Å²) in [5, 5.41) is 0. The first kappa shape index (κ1) is 15.8. The van der Waals surface area contributed by atoms with Gasteiger partial charge >= 0.3 is 0 Å². The number of rotatable bonds is 5. The van der Waals surface area contributed by atoms with Crippen molar-refractivity contribution in [2.24, 2.45) is 0 Å². The highest BCUT2D eigenvalue weighted by molar-refractivity contribution is 5.70. The predicted molar refractivity (Wildman–Crippen MR) is 97.5 cm³/mol. The van der Waals surface area contributed by atoms with Gasteiger partial charge in [0, 0.05) is 17.1 Å². The van der Waals surface area contributed by atoms with E-state index >= 15 is 0 Å². The third-order valence-electron chi connectivity index (χ3n) is 3.33. The Balaban J connectivity index is 2.59. The van der Waals surface area contributed by atoms with Crippen LogP contribution in [0.5, 0.6) is 0 Å². The molecule has 112 valence electrons. The van der Waals surface area contributed by atoms with Crippen LogP contribution in [0.15, 0.2) is 90.7 Å². The van der Waals surface area contributed by atoms with E-state index in [1.165, 1.54) is 11.3 Å². The van der Waals surface area contributed by atoms with Gasteiger partial charge in [0.25, 0.3) is 0 Å². The van der Waals surface area contributed by atoms with Crippen molar-refractivity contribution in [3.63, 3.8) is 0 Å². The van der Waals surface area contributed by atoms with Crippen LogP contribution in [0, 0.1) is 6.92 Å². The third-order valence-corrected chi connectivity index (χ3v) is 3.33. The SMILES string of the molecule is C\C=C/C=C(\C=C/C)N(c1ccccc1)c1cccc(C)c1. The molecule has 2 aromatic rings. The molecule has 0 aromatic heterocycles. The van der Waals surface area contributed by atoms with E-state index in [0.29, 0.717) is 0 Å². The first-order valence-electron chi connectivity index (χ1n) is 7.63. The fraction of sp³-hybridized carbons (Fsp3) is 0.143. The average Bonchev–Trinajstić information content (AvgIpc) is 2.54. The average molecular weight is 289 g/mol. The molecule has 0 unspecified atom stereocenters. The van der Waals surface area contributed by atoms with Crippen LogP contribution in [0.25, 0.3) is 0 Å². The maximum atomic E-state index is 2.27. The monoisotopic (exact) mass is 289 g/mol. The number of allylic oxidation sites excluding steroid dienone is 5. The van der Waals surface area contributed by atoms with Crippen molar-refractivity contribution in [2.45, 2.75) is 20.8 Å². The fourth-order valence-corrected chi connectivity index (χ4v) is 2.36. The molecular formula is C21H23N. The van der Waals surface area contributed by atoms with Crippen LogP contribution in [0.2, 0.25) is 0 Å². The van der Waals surface area contributed by atoms with Crippen molar-refractivity contribution in [1.82, 2.24) is 0 Å². The minimum absolute atomic E-state index is 1.14. The first-order valence-corrected chi connectivity index (χ1v) is 7.63. The predicted octanol–water partition coefficient (Wildman–Crippen LogP) is 6.17. The summed E-state index contributed by atoms with van der Waals surface area (Å²) in [6.45, 7) is 6.20. The number of hydrogen-bond donors (Lipinski definition) is 0. The van der Waals surface area contributed by atoms with Crippen molar-refractivity contribution in [3.8, 4) is 0 Å². The summed E-state index contributed by atoms with van der Waals surface area (Å²) in [7, 11) is 0. The summed E-state index contributed by atoms with van der Waals surface area (Å²) < 4.78 is 0. The van der Waals surface area contributed by atoms with Crippen molar-refractivity contribution in [1.29, 1.82) is 0 Å². The van der Waals surface area contributed by atoms with E-state index in [1.807, 2.05) is 26.0 Å². The molecule has 0 amide bonds. The van der Waals surface area contributed by atoms with Crippen LogP contribution < -0.4 is 4.90 Å². The normalized spacial score (nSPS) is 12.2. The standard InChI is InChI=1S/C21H23N/c1-4-6-13-19(11-5-2)22(20-14-8-7-9-15-20)21-16-10-12-18(3)17-21/h4-17H,1-3H3/b6-4-,11-5-,19-13+. The molecule has 0 heterocycles. The van der Waals surface area contributed by atoms with Gasteiger partial charge in [0.05, 0.1) is 0 Å². The lowest BCUT2D eigenvalue weighted by Crippen LogP contribution is -2.15. The van der Waals surface area contributed by atoms with Crippen LogP contribution in [-0.4, -0.2) is 0 Å². The Morgan fingerprint density at radius 2 is 1.59 bits per heavy atom. The van der Waals surface area contributed by atoms with Gasteiger partial charge in [-0.1, -0.05) is 48.6 Å². The maximum Gasteiger partial charge on any atom is 0.0464 e. The third kappa shape index (κ3) is 3.98. The highest BCUT2D eigenvalue weighted by atomic mass is 15.1. The molecule has 0 bridgehead atoms. The van der Waals surface area contributed by atoms with Gasteiger partial charge in [0.15, 0.2) is 0 Å². The van der Waals surface area contributed by atoms with Gasteiger partial charge in [0.1, 0.15) is 0 Å². The second kappa shape index (κ2) is 8.04. The van der Waals surface area contributed by atoms with E-state index in [2.05, 4.69) is 84.7 Å². The smallest absolute Gasteiger partial charge is 0.0464 e. The molecule has 0 saturated heterocycles. The molecule has 0 aliphatic carbocycles. The van der Waals surface area contributed by atoms with Gasteiger partial charge in [-0.15, -0.1) is 0 Å². The van der Waals surface area contributed by atoms with E-state index in [-0.39, 0.29) is 0 Å². The summed E-state index contributed by atoms with van der Waals surface area (Å²) in [6, 6.07) is 19.0. The van der Waals surface area contributed by atoms with Crippen molar-refractivity contribution < 1.29 is 0 Å². The summed E-state index contributed by atoms with van der Waals surface area (Å²) >= 11 is 0. The van der Waals surface area contributed by atoms with Gasteiger partial charge in [-0.05, 0) is 62.8 Å². The molecule has 0 saturated carbocycles. The number of anilines is 2. The number of aryl methyl sites for hydroxylation is 1. The van der Waals surface area contributed by atoms with E-state index in [9.17, 15) is 0 Å². The summed E-state index contributed by atoms with van der Waals surface area (Å²) in [6.07, 6.45) is 10.5. The molecule has 0 atom stereocenters. The number of benzene rings is 2. The lowest BCUT2D eigenvalue weighted by atomic mass is 10.1. The number of nitrogens with zero attached hydrogens (tertiary/aromatic N) is 1. The Bertz CT molecular complexity index is 678. The molecule has 22 heavy (non-hydrogen) atoms. The lowest BCUT2D eigenvalue weighted by Gasteiger charge is -2.26. The van der Waals surface area contributed by atoms with Gasteiger partial charge in [-0.2, -0.15) is 0 Å². The summed E-state index contributed by atoms with van der Waals surface area (Å²) in [5.74, 6) is 0. The molecule has 2 rings (SSSR count). The van der Waals surface area contributed by atoms with Crippen LogP contribution >= 0.6 is 0 Å². The van der Waals surface area contributed by atoms with E-state index in [0.717, 1.165) is 11.4 Å². The molecule has 0 spiro atoms. The quantitative estimate of drug-likeness (QED) is 0.595. The Hall–Kier alpha value is -2.54. The number of para-hydroxylation sites is 1. The van der Waals surface area contributed by atoms with E-state index in [1.54, 1.807) is 0 Å². The van der Waals surface area contributed by atoms with Crippen LogP contribution in [0.4, 0.5) is 11.4 Å². The van der Waals surface area contributed by atoms with Crippen LogP contribution in [0.3, 0.4) is 0 Å². The zero-order chi connectivity index (χ0) is 15.8. The van der Waals surface area contributed by atoms with Crippen molar-refractivity contribution in [2.75, 3.05) is 4.90 Å². The van der Waals surface area contributed by atoms with E-state index < -0.39 is 0 Å². The Kier molecular flexibility index (Phi) is 5.79. The van der Waals surface area contributed by atoms with Crippen LogP contribution in [0.1, 0.15) is 19.4 Å². The minimum atomic E-state index is 1.14. The lowest BCUT2D eigenvalue weighted by molar-refractivity contribution is 1.20.